The van der Waals surface area contributed by atoms with Crippen molar-refractivity contribution in [3.05, 3.63) is 11.1 Å². The molecule has 2 aliphatic heterocycles. The molecule has 0 amide bonds. The van der Waals surface area contributed by atoms with E-state index in [2.05, 4.69) is 9.88 Å². The molecule has 0 spiro atoms. The van der Waals surface area contributed by atoms with Gasteiger partial charge in [0, 0.05) is 13.1 Å². The first kappa shape index (κ1) is 9.30. The minimum atomic E-state index is 0.368. The molecule has 5 heteroatoms. The summed E-state index contributed by atoms with van der Waals surface area (Å²) >= 11 is 1.46. The van der Waals surface area contributed by atoms with Crippen molar-refractivity contribution in [2.45, 2.75) is 25.0 Å². The van der Waals surface area contributed by atoms with E-state index in [0.29, 0.717) is 17.1 Å². The summed E-state index contributed by atoms with van der Waals surface area (Å²) in [6.07, 6.45) is 5.56. The molecule has 0 radical (unpaired) electrons. The Hall–Kier alpha value is -0.940. The largest absolute Gasteiger partial charge is 0.371 e. The van der Waals surface area contributed by atoms with Gasteiger partial charge in [0.2, 0.25) is 0 Å². The number of aromatic nitrogens is 1. The third-order valence-electron chi connectivity index (χ3n) is 2.94. The van der Waals surface area contributed by atoms with Crippen LogP contribution < -0.4 is 4.90 Å². The van der Waals surface area contributed by atoms with Crippen LogP contribution in [0.1, 0.15) is 22.5 Å². The Morgan fingerprint density at radius 2 is 2.20 bits per heavy atom. The van der Waals surface area contributed by atoms with Crippen molar-refractivity contribution >= 4 is 22.8 Å². The zero-order chi connectivity index (χ0) is 10.3. The van der Waals surface area contributed by atoms with E-state index in [1.807, 2.05) is 0 Å². The van der Waals surface area contributed by atoms with Gasteiger partial charge in [0.25, 0.3) is 0 Å². The zero-order valence-corrected chi connectivity index (χ0v) is 9.07. The van der Waals surface area contributed by atoms with E-state index >= 15 is 0 Å². The van der Waals surface area contributed by atoms with Crippen LogP contribution >= 0.6 is 11.3 Å². The van der Waals surface area contributed by atoms with Gasteiger partial charge in [0.1, 0.15) is 0 Å². The number of hydrogen-bond donors (Lipinski definition) is 0. The van der Waals surface area contributed by atoms with Gasteiger partial charge in [0.15, 0.2) is 11.4 Å². The third-order valence-corrected chi connectivity index (χ3v) is 3.93. The standard InChI is InChI=1S/C10H12N2O2S/c13-6-9-3-11-10(15-9)12-4-7-1-2-8(5-12)14-7/h3,6-8H,1-2,4-5H2. The molecule has 0 saturated carbocycles. The van der Waals surface area contributed by atoms with Crippen LogP contribution in [0.4, 0.5) is 5.13 Å². The summed E-state index contributed by atoms with van der Waals surface area (Å²) in [5, 5.41) is 0.956. The Labute approximate surface area is 91.9 Å². The number of aldehydes is 1. The van der Waals surface area contributed by atoms with Crippen LogP contribution in [0.25, 0.3) is 0 Å². The van der Waals surface area contributed by atoms with Gasteiger partial charge in [0.05, 0.1) is 23.3 Å². The van der Waals surface area contributed by atoms with E-state index in [1.54, 1.807) is 6.20 Å². The summed E-state index contributed by atoms with van der Waals surface area (Å²) in [7, 11) is 0. The van der Waals surface area contributed by atoms with Crippen LogP contribution in [0, 0.1) is 0 Å². The van der Waals surface area contributed by atoms with E-state index in [1.165, 1.54) is 11.3 Å². The molecule has 0 aliphatic carbocycles. The molecular weight excluding hydrogens is 212 g/mol. The smallest absolute Gasteiger partial charge is 0.186 e. The van der Waals surface area contributed by atoms with E-state index in [-0.39, 0.29) is 0 Å². The zero-order valence-electron chi connectivity index (χ0n) is 8.26. The molecule has 2 aliphatic rings. The third kappa shape index (κ3) is 1.66. The van der Waals surface area contributed by atoms with Gasteiger partial charge in [-0.3, -0.25) is 4.79 Å². The lowest BCUT2D eigenvalue weighted by Crippen LogP contribution is -2.42. The highest BCUT2D eigenvalue weighted by Crippen LogP contribution is 2.31. The summed E-state index contributed by atoms with van der Waals surface area (Å²) < 4.78 is 5.75. The Morgan fingerprint density at radius 1 is 1.47 bits per heavy atom. The molecule has 80 valence electrons. The van der Waals surface area contributed by atoms with Crippen LogP contribution in [0.5, 0.6) is 0 Å². The number of fused-ring (bicyclic) bond motifs is 2. The van der Waals surface area contributed by atoms with Crippen LogP contribution in [-0.4, -0.2) is 36.6 Å². The Balaban J connectivity index is 1.79. The Bertz CT molecular complexity index is 367. The molecule has 0 N–H and O–H groups in total. The van der Waals surface area contributed by atoms with Gasteiger partial charge in [-0.05, 0) is 12.8 Å². The van der Waals surface area contributed by atoms with Crippen molar-refractivity contribution in [3.8, 4) is 0 Å². The molecule has 15 heavy (non-hydrogen) atoms. The highest BCUT2D eigenvalue weighted by molar-refractivity contribution is 7.17. The maximum Gasteiger partial charge on any atom is 0.186 e. The highest BCUT2D eigenvalue weighted by Gasteiger charge is 2.34. The summed E-state index contributed by atoms with van der Waals surface area (Å²) in [6.45, 7) is 1.84. The van der Waals surface area contributed by atoms with E-state index in [9.17, 15) is 4.79 Å². The van der Waals surface area contributed by atoms with Crippen LogP contribution in [0.15, 0.2) is 6.20 Å². The maximum atomic E-state index is 10.6. The van der Waals surface area contributed by atoms with Crippen LogP contribution in [-0.2, 0) is 4.74 Å². The summed E-state index contributed by atoms with van der Waals surface area (Å²) in [5.74, 6) is 0. The average molecular weight is 224 g/mol. The van der Waals surface area contributed by atoms with Crippen molar-refractivity contribution < 1.29 is 9.53 Å². The molecule has 3 rings (SSSR count). The van der Waals surface area contributed by atoms with Crippen molar-refractivity contribution in [2.24, 2.45) is 0 Å². The average Bonchev–Trinajstić information content (AvgIpc) is 2.85. The highest BCUT2D eigenvalue weighted by atomic mass is 32.1. The predicted molar refractivity (Wildman–Crippen MR) is 57.6 cm³/mol. The predicted octanol–water partition coefficient (Wildman–Crippen LogP) is 1.32. The molecule has 1 aromatic heterocycles. The van der Waals surface area contributed by atoms with Crippen LogP contribution in [0.2, 0.25) is 0 Å². The topological polar surface area (TPSA) is 42.4 Å². The molecule has 0 aromatic carbocycles. The molecule has 1 aromatic rings. The second-order valence-electron chi connectivity index (χ2n) is 4.03. The molecule has 2 atom stereocenters. The number of hydrogen-bond acceptors (Lipinski definition) is 5. The molecule has 2 bridgehead atoms. The first-order valence-corrected chi connectivity index (χ1v) is 5.98. The lowest BCUT2D eigenvalue weighted by molar-refractivity contribution is 0.0305. The quantitative estimate of drug-likeness (QED) is 0.711. The van der Waals surface area contributed by atoms with E-state index < -0.39 is 0 Å². The number of nitrogens with zero attached hydrogens (tertiary/aromatic N) is 2. The monoisotopic (exact) mass is 224 g/mol. The van der Waals surface area contributed by atoms with Gasteiger partial charge in [-0.25, -0.2) is 4.98 Å². The maximum absolute atomic E-state index is 10.6. The first-order chi connectivity index (χ1) is 7.35. The normalized spacial score (nSPS) is 29.5. The minimum absolute atomic E-state index is 0.368. The fraction of sp³-hybridized carbons (Fsp3) is 0.600. The molecule has 3 heterocycles. The number of anilines is 1. The number of ether oxygens (including phenoxy) is 1. The second kappa shape index (κ2) is 3.57. The van der Waals surface area contributed by atoms with Crippen LogP contribution in [0.3, 0.4) is 0 Å². The summed E-state index contributed by atoms with van der Waals surface area (Å²) in [4.78, 5) is 17.8. The summed E-state index contributed by atoms with van der Waals surface area (Å²) in [6, 6.07) is 0. The number of thiazole rings is 1. The van der Waals surface area contributed by atoms with E-state index in [0.717, 1.165) is 37.3 Å². The number of carbonyl (C=O) groups excluding carboxylic acids is 1. The molecular formula is C10H12N2O2S. The minimum Gasteiger partial charge on any atom is -0.371 e. The van der Waals surface area contributed by atoms with Crippen molar-refractivity contribution in [1.82, 2.24) is 4.98 Å². The van der Waals surface area contributed by atoms with Crippen molar-refractivity contribution in [2.75, 3.05) is 18.0 Å². The molecule has 2 unspecified atom stereocenters. The van der Waals surface area contributed by atoms with Gasteiger partial charge in [-0.15, -0.1) is 0 Å². The first-order valence-electron chi connectivity index (χ1n) is 5.16. The SMILES string of the molecule is O=Cc1cnc(N2CC3CCC(C2)O3)s1. The van der Waals surface area contributed by atoms with Crippen molar-refractivity contribution in [3.63, 3.8) is 0 Å². The summed E-state index contributed by atoms with van der Waals surface area (Å²) in [5.41, 5.74) is 0. The molecule has 2 saturated heterocycles. The van der Waals surface area contributed by atoms with E-state index in [4.69, 9.17) is 4.74 Å². The lowest BCUT2D eigenvalue weighted by atomic mass is 10.2. The Morgan fingerprint density at radius 3 is 2.80 bits per heavy atom. The second-order valence-corrected chi connectivity index (χ2v) is 5.07. The number of rotatable bonds is 2. The Kier molecular flexibility index (Phi) is 2.21. The number of morpholine rings is 1. The fourth-order valence-corrected chi connectivity index (χ4v) is 3.00. The van der Waals surface area contributed by atoms with Gasteiger partial charge in [-0.1, -0.05) is 11.3 Å². The lowest BCUT2D eigenvalue weighted by Gasteiger charge is -2.31. The van der Waals surface area contributed by atoms with Gasteiger partial charge < -0.3 is 9.64 Å². The molecule has 4 nitrogen and oxygen atoms in total. The van der Waals surface area contributed by atoms with Gasteiger partial charge >= 0.3 is 0 Å². The van der Waals surface area contributed by atoms with Crippen molar-refractivity contribution in [1.29, 1.82) is 0 Å². The molecule has 2 fully saturated rings. The van der Waals surface area contributed by atoms with Gasteiger partial charge in [-0.2, -0.15) is 0 Å². The fourth-order valence-electron chi connectivity index (χ4n) is 2.25. The number of carbonyl (C=O) groups is 1.